The summed E-state index contributed by atoms with van der Waals surface area (Å²) in [4.78, 5) is 12.3. The zero-order chi connectivity index (χ0) is 17.9. The van der Waals surface area contributed by atoms with Crippen molar-refractivity contribution in [2.45, 2.75) is 31.7 Å². The first-order valence-electron chi connectivity index (χ1n) is 7.39. The summed E-state index contributed by atoms with van der Waals surface area (Å²) in [5, 5.41) is 2.78. The summed E-state index contributed by atoms with van der Waals surface area (Å²) in [5.74, 6) is -0.289. The highest BCUT2D eigenvalue weighted by atomic mass is 79.9. The van der Waals surface area contributed by atoms with Crippen LogP contribution in [0.15, 0.2) is 51.8 Å². The van der Waals surface area contributed by atoms with Crippen LogP contribution in [-0.2, 0) is 10.0 Å². The Morgan fingerprint density at radius 1 is 1.08 bits per heavy atom. The van der Waals surface area contributed by atoms with Gasteiger partial charge in [0.25, 0.3) is 15.9 Å². The predicted molar refractivity (Wildman–Crippen MR) is 98.7 cm³/mol. The van der Waals surface area contributed by atoms with E-state index < -0.39 is 10.0 Å². The van der Waals surface area contributed by atoms with Crippen molar-refractivity contribution in [3.63, 3.8) is 0 Å². The molecule has 0 aliphatic rings. The fourth-order valence-electron chi connectivity index (χ4n) is 2.08. The van der Waals surface area contributed by atoms with E-state index in [2.05, 4.69) is 26.0 Å². The van der Waals surface area contributed by atoms with Crippen molar-refractivity contribution >= 4 is 37.5 Å². The number of sulfonamides is 1. The monoisotopic (exact) mass is 410 g/mol. The number of amides is 1. The fraction of sp³-hybridized carbons (Fsp3) is 0.235. The second-order valence-corrected chi connectivity index (χ2v) is 8.32. The number of anilines is 1. The number of hydrogen-bond donors (Lipinski definition) is 2. The molecule has 2 rings (SSSR count). The summed E-state index contributed by atoms with van der Waals surface area (Å²) in [6, 6.07) is 11.3. The highest BCUT2D eigenvalue weighted by Crippen LogP contribution is 2.21. The van der Waals surface area contributed by atoms with Gasteiger partial charge in [-0.25, -0.2) is 8.42 Å². The average molecular weight is 411 g/mol. The molecule has 2 aromatic carbocycles. The standard InChI is InChI=1S/C17H19BrN2O3S/c1-11(2)19-17(21)16-10-15(9-4-12(16)3)24(22,23)20-14-7-5-13(18)6-8-14/h4-11,20H,1-3H3,(H,19,21). The number of nitrogens with one attached hydrogen (secondary N) is 2. The third-order valence-corrected chi connectivity index (χ3v) is 5.19. The van der Waals surface area contributed by atoms with Crippen LogP contribution in [0.2, 0.25) is 0 Å². The van der Waals surface area contributed by atoms with Crippen LogP contribution in [0.5, 0.6) is 0 Å². The Balaban J connectivity index is 2.33. The van der Waals surface area contributed by atoms with Gasteiger partial charge in [0.15, 0.2) is 0 Å². The number of rotatable bonds is 5. The number of benzene rings is 2. The van der Waals surface area contributed by atoms with E-state index in [1.54, 1.807) is 37.3 Å². The molecule has 0 aromatic heterocycles. The first-order chi connectivity index (χ1) is 11.2. The second-order valence-electron chi connectivity index (χ2n) is 5.72. The Hall–Kier alpha value is -1.86. The van der Waals surface area contributed by atoms with E-state index in [0.29, 0.717) is 11.3 Å². The molecule has 0 saturated heterocycles. The molecule has 0 spiro atoms. The molecule has 1 amide bonds. The maximum Gasteiger partial charge on any atom is 0.261 e. The van der Waals surface area contributed by atoms with Gasteiger partial charge in [-0.15, -0.1) is 0 Å². The Kier molecular flexibility index (Phi) is 5.66. The number of hydrogen-bond acceptors (Lipinski definition) is 3. The molecular weight excluding hydrogens is 392 g/mol. The molecule has 2 N–H and O–H groups in total. The predicted octanol–water partition coefficient (Wildman–Crippen LogP) is 3.70. The molecule has 2 aromatic rings. The molecule has 0 heterocycles. The topological polar surface area (TPSA) is 75.3 Å². The van der Waals surface area contributed by atoms with Gasteiger partial charge in [0, 0.05) is 21.8 Å². The van der Waals surface area contributed by atoms with Crippen LogP contribution in [0.4, 0.5) is 5.69 Å². The van der Waals surface area contributed by atoms with Crippen molar-refractivity contribution in [2.75, 3.05) is 4.72 Å². The highest BCUT2D eigenvalue weighted by molar-refractivity contribution is 9.10. The third-order valence-electron chi connectivity index (χ3n) is 3.28. The molecule has 24 heavy (non-hydrogen) atoms. The first-order valence-corrected chi connectivity index (χ1v) is 9.66. The maximum absolute atomic E-state index is 12.5. The summed E-state index contributed by atoms with van der Waals surface area (Å²) in [6.45, 7) is 5.47. The van der Waals surface area contributed by atoms with E-state index in [9.17, 15) is 13.2 Å². The molecule has 0 atom stereocenters. The van der Waals surface area contributed by atoms with Gasteiger partial charge in [-0.3, -0.25) is 9.52 Å². The average Bonchev–Trinajstić information content (AvgIpc) is 2.49. The lowest BCUT2D eigenvalue weighted by Gasteiger charge is -2.13. The van der Waals surface area contributed by atoms with Crippen LogP contribution < -0.4 is 10.0 Å². The Morgan fingerprint density at radius 2 is 1.71 bits per heavy atom. The normalized spacial score (nSPS) is 11.4. The minimum Gasteiger partial charge on any atom is -0.350 e. The molecule has 0 aliphatic heterocycles. The molecule has 5 nitrogen and oxygen atoms in total. The quantitative estimate of drug-likeness (QED) is 0.788. The number of halogens is 1. The van der Waals surface area contributed by atoms with Gasteiger partial charge in [0.1, 0.15) is 0 Å². The van der Waals surface area contributed by atoms with Gasteiger partial charge in [-0.2, -0.15) is 0 Å². The van der Waals surface area contributed by atoms with Gasteiger partial charge >= 0.3 is 0 Å². The zero-order valence-corrected chi connectivity index (χ0v) is 16.0. The summed E-state index contributed by atoms with van der Waals surface area (Å²) >= 11 is 3.30. The van der Waals surface area contributed by atoms with E-state index >= 15 is 0 Å². The smallest absolute Gasteiger partial charge is 0.261 e. The highest BCUT2D eigenvalue weighted by Gasteiger charge is 2.18. The Morgan fingerprint density at radius 3 is 2.29 bits per heavy atom. The van der Waals surface area contributed by atoms with E-state index in [1.807, 2.05) is 13.8 Å². The second kappa shape index (κ2) is 7.36. The molecule has 0 saturated carbocycles. The van der Waals surface area contributed by atoms with E-state index in [1.165, 1.54) is 12.1 Å². The Bertz CT molecular complexity index is 847. The summed E-state index contributed by atoms with van der Waals surface area (Å²) in [5.41, 5.74) is 1.52. The fourth-order valence-corrected chi connectivity index (χ4v) is 3.43. The Labute approximate surface area is 150 Å². The SMILES string of the molecule is Cc1ccc(S(=O)(=O)Nc2ccc(Br)cc2)cc1C(=O)NC(C)C. The number of carbonyl (C=O) groups excluding carboxylic acids is 1. The van der Waals surface area contributed by atoms with Crippen molar-refractivity contribution in [1.82, 2.24) is 5.32 Å². The van der Waals surface area contributed by atoms with Crippen molar-refractivity contribution < 1.29 is 13.2 Å². The van der Waals surface area contributed by atoms with E-state index in [4.69, 9.17) is 0 Å². The van der Waals surface area contributed by atoms with Crippen LogP contribution in [0.3, 0.4) is 0 Å². The summed E-state index contributed by atoms with van der Waals surface area (Å²) in [7, 11) is -3.77. The number of carbonyl (C=O) groups is 1. The van der Waals surface area contributed by atoms with E-state index in [-0.39, 0.29) is 16.8 Å². The van der Waals surface area contributed by atoms with Gasteiger partial charge in [-0.05, 0) is 62.7 Å². The molecule has 0 fully saturated rings. The van der Waals surface area contributed by atoms with Crippen LogP contribution in [-0.4, -0.2) is 20.4 Å². The van der Waals surface area contributed by atoms with E-state index in [0.717, 1.165) is 10.0 Å². The maximum atomic E-state index is 12.5. The van der Waals surface area contributed by atoms with Gasteiger partial charge in [0.05, 0.1) is 4.90 Å². The van der Waals surface area contributed by atoms with Gasteiger partial charge in [-0.1, -0.05) is 22.0 Å². The molecule has 128 valence electrons. The molecule has 0 radical (unpaired) electrons. The van der Waals surface area contributed by atoms with Crippen LogP contribution >= 0.6 is 15.9 Å². The molecule has 0 bridgehead atoms. The summed E-state index contributed by atoms with van der Waals surface area (Å²) < 4.78 is 28.4. The minimum atomic E-state index is -3.77. The van der Waals surface area contributed by atoms with Crippen molar-refractivity contribution in [3.05, 3.63) is 58.1 Å². The van der Waals surface area contributed by atoms with Crippen LogP contribution in [0.25, 0.3) is 0 Å². The van der Waals surface area contributed by atoms with Crippen LogP contribution in [0, 0.1) is 6.92 Å². The van der Waals surface area contributed by atoms with Crippen molar-refractivity contribution in [2.24, 2.45) is 0 Å². The first kappa shape index (κ1) is 18.5. The lowest BCUT2D eigenvalue weighted by Crippen LogP contribution is -2.30. The zero-order valence-electron chi connectivity index (χ0n) is 13.6. The largest absolute Gasteiger partial charge is 0.350 e. The third kappa shape index (κ3) is 4.58. The molecular formula is C17H19BrN2O3S. The lowest BCUT2D eigenvalue weighted by atomic mass is 10.1. The number of aryl methyl sites for hydroxylation is 1. The van der Waals surface area contributed by atoms with Gasteiger partial charge < -0.3 is 5.32 Å². The van der Waals surface area contributed by atoms with Crippen molar-refractivity contribution in [1.29, 1.82) is 0 Å². The van der Waals surface area contributed by atoms with Crippen LogP contribution in [0.1, 0.15) is 29.8 Å². The van der Waals surface area contributed by atoms with Crippen molar-refractivity contribution in [3.8, 4) is 0 Å². The lowest BCUT2D eigenvalue weighted by molar-refractivity contribution is 0.0942. The molecule has 0 unspecified atom stereocenters. The van der Waals surface area contributed by atoms with Gasteiger partial charge in [0.2, 0.25) is 0 Å². The summed E-state index contributed by atoms with van der Waals surface area (Å²) in [6.07, 6.45) is 0. The minimum absolute atomic E-state index is 0.0296. The molecule has 0 aliphatic carbocycles. The molecule has 7 heteroatoms.